The summed E-state index contributed by atoms with van der Waals surface area (Å²) in [6, 6.07) is 19.3. The van der Waals surface area contributed by atoms with Gasteiger partial charge in [0.2, 0.25) is 0 Å². The van der Waals surface area contributed by atoms with Crippen LogP contribution in [0.5, 0.6) is 5.75 Å². The Labute approximate surface area is 209 Å². The number of anilines is 2. The van der Waals surface area contributed by atoms with E-state index in [2.05, 4.69) is 36.7 Å². The molecule has 0 unspecified atom stereocenters. The summed E-state index contributed by atoms with van der Waals surface area (Å²) in [5.41, 5.74) is 3.27. The van der Waals surface area contributed by atoms with Crippen molar-refractivity contribution in [3.63, 3.8) is 0 Å². The highest BCUT2D eigenvalue weighted by Gasteiger charge is 2.15. The predicted molar refractivity (Wildman–Crippen MR) is 141 cm³/mol. The number of benzene rings is 3. The predicted octanol–water partition coefficient (Wildman–Crippen LogP) is 6.03. The lowest BCUT2D eigenvalue weighted by molar-refractivity contribution is 0.0976. The average molecular weight is 496 g/mol. The molecule has 0 aromatic heterocycles. The van der Waals surface area contributed by atoms with Crippen molar-refractivity contribution in [2.75, 3.05) is 17.7 Å². The maximum atomic E-state index is 12.7. The monoisotopic (exact) mass is 495 g/mol. The minimum absolute atomic E-state index is 0.0164. The molecule has 6 nitrogen and oxygen atoms in total. The maximum Gasteiger partial charge on any atom is 0.257 e. The van der Waals surface area contributed by atoms with Gasteiger partial charge in [0.05, 0.1) is 12.1 Å². The fourth-order valence-corrected chi connectivity index (χ4v) is 3.61. The molecule has 0 saturated carbocycles. The molecule has 34 heavy (non-hydrogen) atoms. The number of amides is 2. The van der Waals surface area contributed by atoms with Gasteiger partial charge < -0.3 is 15.4 Å². The van der Waals surface area contributed by atoms with Crippen molar-refractivity contribution in [3.8, 4) is 5.75 Å². The molecule has 3 aromatic rings. The van der Waals surface area contributed by atoms with Crippen LogP contribution < -0.4 is 20.7 Å². The number of carbonyl (C=O) groups is 2. The summed E-state index contributed by atoms with van der Waals surface area (Å²) in [6.07, 6.45) is 0. The third-order valence-electron chi connectivity index (χ3n) is 5.03. The van der Waals surface area contributed by atoms with E-state index in [0.29, 0.717) is 33.3 Å². The number of halogens is 1. The van der Waals surface area contributed by atoms with Crippen LogP contribution in [-0.2, 0) is 5.41 Å². The summed E-state index contributed by atoms with van der Waals surface area (Å²) in [5, 5.41) is 8.87. The van der Waals surface area contributed by atoms with Gasteiger partial charge in [-0.25, -0.2) is 0 Å². The van der Waals surface area contributed by atoms with Crippen molar-refractivity contribution in [1.29, 1.82) is 0 Å². The quantitative estimate of drug-likeness (QED) is 0.377. The molecule has 0 fully saturated rings. The second kappa shape index (κ2) is 10.7. The SMILES string of the molecule is COc1ccc(C(=O)NC(=S)Nc2cccc(NC(=O)c3ccc(C(C)(C)C)cc3)c2)cc1Cl. The molecule has 0 heterocycles. The Kier molecular flexibility index (Phi) is 7.91. The second-order valence-electron chi connectivity index (χ2n) is 8.62. The number of rotatable bonds is 5. The number of carbonyl (C=O) groups excluding carboxylic acids is 2. The Morgan fingerprint density at radius 1 is 0.853 bits per heavy atom. The first-order valence-corrected chi connectivity index (χ1v) is 11.3. The topological polar surface area (TPSA) is 79.5 Å². The average Bonchev–Trinajstić information content (AvgIpc) is 2.78. The van der Waals surface area contributed by atoms with Crippen molar-refractivity contribution in [2.45, 2.75) is 26.2 Å². The molecule has 3 rings (SSSR count). The zero-order valence-electron chi connectivity index (χ0n) is 19.4. The first-order chi connectivity index (χ1) is 16.1. The lowest BCUT2D eigenvalue weighted by Crippen LogP contribution is -2.34. The van der Waals surface area contributed by atoms with E-state index in [1.807, 2.05) is 24.3 Å². The van der Waals surface area contributed by atoms with Crippen molar-refractivity contribution in [1.82, 2.24) is 5.32 Å². The fourth-order valence-electron chi connectivity index (χ4n) is 3.14. The molecule has 3 N–H and O–H groups in total. The molecular weight excluding hydrogens is 470 g/mol. The van der Waals surface area contributed by atoms with Gasteiger partial charge in [0, 0.05) is 22.5 Å². The fraction of sp³-hybridized carbons (Fsp3) is 0.192. The van der Waals surface area contributed by atoms with Crippen LogP contribution in [0.3, 0.4) is 0 Å². The minimum atomic E-state index is -0.412. The Morgan fingerprint density at radius 3 is 2.06 bits per heavy atom. The molecule has 0 radical (unpaired) electrons. The standard InChI is InChI=1S/C26H26ClN3O3S/c1-26(2,3)18-11-8-16(9-12-18)23(31)28-19-6-5-7-20(15-19)29-25(34)30-24(32)17-10-13-22(33-4)21(27)14-17/h5-15H,1-4H3,(H,28,31)(H2,29,30,32,34). The van der Waals surface area contributed by atoms with E-state index >= 15 is 0 Å². The molecule has 8 heteroatoms. The van der Waals surface area contributed by atoms with Gasteiger partial charge in [-0.2, -0.15) is 0 Å². The lowest BCUT2D eigenvalue weighted by Gasteiger charge is -2.19. The zero-order valence-corrected chi connectivity index (χ0v) is 20.9. The molecule has 0 aliphatic carbocycles. The molecule has 3 aromatic carbocycles. The lowest BCUT2D eigenvalue weighted by atomic mass is 9.87. The molecule has 0 aliphatic heterocycles. The van der Waals surface area contributed by atoms with Crippen molar-refractivity contribution in [3.05, 3.63) is 88.4 Å². The third-order valence-corrected chi connectivity index (χ3v) is 5.53. The Balaban J connectivity index is 1.61. The Bertz CT molecular complexity index is 1220. The minimum Gasteiger partial charge on any atom is -0.495 e. The van der Waals surface area contributed by atoms with Crippen molar-refractivity contribution < 1.29 is 14.3 Å². The van der Waals surface area contributed by atoms with Crippen LogP contribution >= 0.6 is 23.8 Å². The molecule has 176 valence electrons. The van der Waals surface area contributed by atoms with E-state index < -0.39 is 5.91 Å². The van der Waals surface area contributed by atoms with Crippen LogP contribution in [0.2, 0.25) is 5.02 Å². The van der Waals surface area contributed by atoms with Gasteiger partial charge in [0.1, 0.15) is 5.75 Å². The summed E-state index contributed by atoms with van der Waals surface area (Å²) >= 11 is 11.3. The Morgan fingerprint density at radius 2 is 1.47 bits per heavy atom. The largest absolute Gasteiger partial charge is 0.495 e. The summed E-state index contributed by atoms with van der Waals surface area (Å²) in [6.45, 7) is 6.37. The van der Waals surface area contributed by atoms with E-state index in [-0.39, 0.29) is 16.4 Å². The summed E-state index contributed by atoms with van der Waals surface area (Å²) in [5.74, 6) is -0.155. The van der Waals surface area contributed by atoms with Crippen LogP contribution in [-0.4, -0.2) is 24.0 Å². The van der Waals surface area contributed by atoms with Gasteiger partial charge in [-0.15, -0.1) is 0 Å². The highest BCUT2D eigenvalue weighted by molar-refractivity contribution is 7.80. The number of hydrogen-bond donors (Lipinski definition) is 3. The second-order valence-corrected chi connectivity index (χ2v) is 9.44. The maximum absolute atomic E-state index is 12.7. The van der Waals surface area contributed by atoms with E-state index in [0.717, 1.165) is 5.56 Å². The first-order valence-electron chi connectivity index (χ1n) is 10.5. The third kappa shape index (κ3) is 6.56. The van der Waals surface area contributed by atoms with Crippen molar-refractivity contribution in [2.24, 2.45) is 0 Å². The van der Waals surface area contributed by atoms with Gasteiger partial charge >= 0.3 is 0 Å². The van der Waals surface area contributed by atoms with Crippen LogP contribution in [0.15, 0.2) is 66.7 Å². The number of hydrogen-bond acceptors (Lipinski definition) is 4. The number of nitrogens with one attached hydrogen (secondary N) is 3. The summed E-state index contributed by atoms with van der Waals surface area (Å²) < 4.78 is 5.09. The molecule has 0 aliphatic rings. The highest BCUT2D eigenvalue weighted by Crippen LogP contribution is 2.25. The van der Waals surface area contributed by atoms with E-state index in [1.165, 1.54) is 13.2 Å². The van der Waals surface area contributed by atoms with Gasteiger partial charge in [0.15, 0.2) is 5.11 Å². The summed E-state index contributed by atoms with van der Waals surface area (Å²) in [4.78, 5) is 25.1. The summed E-state index contributed by atoms with van der Waals surface area (Å²) in [7, 11) is 1.50. The van der Waals surface area contributed by atoms with Gasteiger partial charge in [0.25, 0.3) is 11.8 Å². The zero-order chi connectivity index (χ0) is 24.9. The van der Waals surface area contributed by atoms with Crippen LogP contribution in [0.4, 0.5) is 11.4 Å². The van der Waals surface area contributed by atoms with Crippen LogP contribution in [0.25, 0.3) is 0 Å². The van der Waals surface area contributed by atoms with Crippen molar-refractivity contribution >= 4 is 52.1 Å². The molecular formula is C26H26ClN3O3S. The van der Waals surface area contributed by atoms with Gasteiger partial charge in [-0.1, -0.05) is 50.6 Å². The van der Waals surface area contributed by atoms with Crippen LogP contribution in [0, 0.1) is 0 Å². The normalized spacial score (nSPS) is 10.9. The smallest absolute Gasteiger partial charge is 0.257 e. The van der Waals surface area contributed by atoms with Crippen LogP contribution in [0.1, 0.15) is 47.1 Å². The first kappa shape index (κ1) is 25.2. The number of thiocarbonyl (C=S) groups is 1. The molecule has 2 amide bonds. The van der Waals surface area contributed by atoms with E-state index in [9.17, 15) is 9.59 Å². The van der Waals surface area contributed by atoms with Gasteiger partial charge in [-0.3, -0.25) is 14.9 Å². The van der Waals surface area contributed by atoms with E-state index in [4.69, 9.17) is 28.6 Å². The Hall–Kier alpha value is -3.42. The highest BCUT2D eigenvalue weighted by atomic mass is 35.5. The molecule has 0 saturated heterocycles. The van der Waals surface area contributed by atoms with Gasteiger partial charge in [-0.05, 0) is 71.7 Å². The molecule has 0 bridgehead atoms. The number of ether oxygens (including phenoxy) is 1. The molecule has 0 spiro atoms. The molecule has 0 atom stereocenters. The number of methoxy groups -OCH3 is 1. The van der Waals surface area contributed by atoms with E-state index in [1.54, 1.807) is 36.4 Å².